The highest BCUT2D eigenvalue weighted by atomic mass is 32.2. The van der Waals surface area contributed by atoms with E-state index in [1.54, 1.807) is 7.11 Å². The summed E-state index contributed by atoms with van der Waals surface area (Å²) in [6.07, 6.45) is 3.77. The molecule has 0 fully saturated rings. The largest absolute Gasteiger partial charge is 0.497 e. The first kappa shape index (κ1) is 13.6. The summed E-state index contributed by atoms with van der Waals surface area (Å²) in [7, 11) is 0.899. The van der Waals surface area contributed by atoms with E-state index in [1.165, 1.54) is 11.1 Å². The number of methoxy groups -OCH3 is 1. The van der Waals surface area contributed by atoms with E-state index < -0.39 is 10.8 Å². The van der Waals surface area contributed by atoms with Gasteiger partial charge in [0.1, 0.15) is 5.75 Å². The van der Waals surface area contributed by atoms with E-state index >= 15 is 0 Å². The van der Waals surface area contributed by atoms with Crippen LogP contribution in [0.2, 0.25) is 0 Å². The molecular formula is C14H21NO2S. The molecule has 1 aromatic carbocycles. The van der Waals surface area contributed by atoms with Gasteiger partial charge in [0.05, 0.1) is 12.4 Å². The topological polar surface area (TPSA) is 38.3 Å². The van der Waals surface area contributed by atoms with Crippen LogP contribution in [0.15, 0.2) is 18.2 Å². The Morgan fingerprint density at radius 3 is 2.89 bits per heavy atom. The number of rotatable bonds is 4. The van der Waals surface area contributed by atoms with Crippen molar-refractivity contribution in [2.45, 2.75) is 31.1 Å². The lowest BCUT2D eigenvalue weighted by atomic mass is 9.87. The zero-order valence-electron chi connectivity index (χ0n) is 11.2. The zero-order chi connectivity index (χ0) is 13.1. The first-order valence-electron chi connectivity index (χ1n) is 6.39. The average molecular weight is 267 g/mol. The van der Waals surface area contributed by atoms with E-state index in [1.807, 2.05) is 12.3 Å². The first-order chi connectivity index (χ1) is 8.67. The molecule has 3 nitrogen and oxygen atoms in total. The highest BCUT2D eigenvalue weighted by Crippen LogP contribution is 2.34. The molecule has 3 unspecified atom stereocenters. The molecule has 100 valence electrons. The molecule has 18 heavy (non-hydrogen) atoms. The van der Waals surface area contributed by atoms with Crippen molar-refractivity contribution in [1.29, 1.82) is 0 Å². The van der Waals surface area contributed by atoms with Crippen LogP contribution < -0.4 is 10.1 Å². The first-order valence-corrected chi connectivity index (χ1v) is 8.02. The minimum absolute atomic E-state index is 0.204. The number of benzene rings is 1. The van der Waals surface area contributed by atoms with E-state index in [0.29, 0.717) is 0 Å². The third-order valence-electron chi connectivity index (χ3n) is 3.61. The predicted octanol–water partition coefficient (Wildman–Crippen LogP) is 2.04. The Hall–Kier alpha value is -0.870. The van der Waals surface area contributed by atoms with Crippen LogP contribution in [0.5, 0.6) is 5.75 Å². The molecule has 0 heterocycles. The van der Waals surface area contributed by atoms with E-state index in [0.717, 1.165) is 25.1 Å². The van der Waals surface area contributed by atoms with E-state index in [4.69, 9.17) is 4.74 Å². The summed E-state index contributed by atoms with van der Waals surface area (Å²) in [6.45, 7) is 2.98. The van der Waals surface area contributed by atoms with E-state index in [2.05, 4.69) is 24.4 Å². The van der Waals surface area contributed by atoms with Crippen LogP contribution in [0.3, 0.4) is 0 Å². The van der Waals surface area contributed by atoms with Crippen molar-refractivity contribution in [3.63, 3.8) is 0 Å². The van der Waals surface area contributed by atoms with Gasteiger partial charge in [0.25, 0.3) is 0 Å². The fraction of sp³-hybridized carbons (Fsp3) is 0.571. The molecule has 0 spiro atoms. The van der Waals surface area contributed by atoms with Crippen LogP contribution in [0.1, 0.15) is 30.5 Å². The van der Waals surface area contributed by atoms with E-state index in [-0.39, 0.29) is 11.3 Å². The van der Waals surface area contributed by atoms with Crippen molar-refractivity contribution >= 4 is 10.8 Å². The molecule has 0 aromatic heterocycles. The monoisotopic (exact) mass is 267 g/mol. The van der Waals surface area contributed by atoms with Gasteiger partial charge in [0.15, 0.2) is 0 Å². The van der Waals surface area contributed by atoms with Crippen molar-refractivity contribution in [3.8, 4) is 5.75 Å². The maximum atomic E-state index is 11.9. The highest BCUT2D eigenvalue weighted by Gasteiger charge is 2.31. The summed E-state index contributed by atoms with van der Waals surface area (Å²) in [6, 6.07) is 6.41. The second kappa shape index (κ2) is 5.85. The number of aryl methyl sites for hydroxylation is 1. The molecular weight excluding hydrogens is 246 g/mol. The van der Waals surface area contributed by atoms with Gasteiger partial charge in [-0.15, -0.1) is 0 Å². The van der Waals surface area contributed by atoms with Crippen molar-refractivity contribution in [3.05, 3.63) is 29.3 Å². The molecule has 0 radical (unpaired) electrons. The Bertz CT molecular complexity index is 447. The minimum atomic E-state index is -0.792. The lowest BCUT2D eigenvalue weighted by Crippen LogP contribution is -2.38. The number of hydrogen-bond donors (Lipinski definition) is 1. The molecule has 0 amide bonds. The molecule has 2 rings (SSSR count). The molecule has 1 aliphatic rings. The summed E-state index contributed by atoms with van der Waals surface area (Å²) >= 11 is 0. The fourth-order valence-electron chi connectivity index (χ4n) is 2.71. The maximum absolute atomic E-state index is 11.9. The molecule has 1 aliphatic carbocycles. The SMILES string of the molecule is CCNC1c2ccc(OC)cc2CCC1S(C)=O. The van der Waals surface area contributed by atoms with Gasteiger partial charge in [0, 0.05) is 23.1 Å². The van der Waals surface area contributed by atoms with Crippen molar-refractivity contribution in [1.82, 2.24) is 5.32 Å². The van der Waals surface area contributed by atoms with Gasteiger partial charge in [-0.25, -0.2) is 0 Å². The second-order valence-corrected chi connectivity index (χ2v) is 6.28. The fourth-order valence-corrected chi connectivity index (χ4v) is 3.79. The highest BCUT2D eigenvalue weighted by molar-refractivity contribution is 7.84. The van der Waals surface area contributed by atoms with Crippen molar-refractivity contribution < 1.29 is 8.95 Å². The summed E-state index contributed by atoms with van der Waals surface area (Å²) in [5.41, 5.74) is 2.60. The van der Waals surface area contributed by atoms with Crippen LogP contribution in [0, 0.1) is 0 Å². The van der Waals surface area contributed by atoms with Crippen LogP contribution in [-0.2, 0) is 17.2 Å². The summed E-state index contributed by atoms with van der Waals surface area (Å²) in [5, 5.41) is 3.69. The van der Waals surface area contributed by atoms with Crippen LogP contribution in [0.4, 0.5) is 0 Å². The maximum Gasteiger partial charge on any atom is 0.119 e. The van der Waals surface area contributed by atoms with Crippen molar-refractivity contribution in [2.24, 2.45) is 0 Å². The Morgan fingerprint density at radius 1 is 1.50 bits per heavy atom. The molecule has 3 atom stereocenters. The van der Waals surface area contributed by atoms with Gasteiger partial charge in [-0.1, -0.05) is 13.0 Å². The molecule has 0 aliphatic heterocycles. The Labute approximate surface area is 111 Å². The predicted molar refractivity (Wildman–Crippen MR) is 75.6 cm³/mol. The van der Waals surface area contributed by atoms with Gasteiger partial charge >= 0.3 is 0 Å². The van der Waals surface area contributed by atoms with Crippen LogP contribution >= 0.6 is 0 Å². The molecule has 4 heteroatoms. The number of ether oxygens (including phenoxy) is 1. The summed E-state index contributed by atoms with van der Waals surface area (Å²) in [4.78, 5) is 0. The molecule has 0 saturated heterocycles. The Kier molecular flexibility index (Phi) is 4.40. The lowest BCUT2D eigenvalue weighted by molar-refractivity contribution is 0.411. The Balaban J connectivity index is 2.36. The third-order valence-corrected chi connectivity index (χ3v) is 4.97. The average Bonchev–Trinajstić information content (AvgIpc) is 2.38. The molecule has 0 saturated carbocycles. The van der Waals surface area contributed by atoms with Gasteiger partial charge in [0.2, 0.25) is 0 Å². The van der Waals surface area contributed by atoms with Gasteiger partial charge in [-0.3, -0.25) is 4.21 Å². The van der Waals surface area contributed by atoms with Gasteiger partial charge in [-0.05, 0) is 42.6 Å². The minimum Gasteiger partial charge on any atom is -0.497 e. The third kappa shape index (κ3) is 2.59. The standard InChI is InChI=1S/C14H21NO2S/c1-4-15-14-12-7-6-11(17-2)9-10(12)5-8-13(14)18(3)16/h6-7,9,13-15H,4-5,8H2,1-3H3. The zero-order valence-corrected chi connectivity index (χ0v) is 12.0. The second-order valence-electron chi connectivity index (χ2n) is 4.68. The van der Waals surface area contributed by atoms with Gasteiger partial charge < -0.3 is 10.1 Å². The van der Waals surface area contributed by atoms with E-state index in [9.17, 15) is 4.21 Å². The smallest absolute Gasteiger partial charge is 0.119 e. The van der Waals surface area contributed by atoms with Crippen LogP contribution in [0.25, 0.3) is 0 Å². The number of fused-ring (bicyclic) bond motifs is 1. The quantitative estimate of drug-likeness (QED) is 0.907. The van der Waals surface area contributed by atoms with Gasteiger partial charge in [-0.2, -0.15) is 0 Å². The number of nitrogens with one attached hydrogen (secondary N) is 1. The summed E-state index contributed by atoms with van der Waals surface area (Å²) < 4.78 is 17.1. The molecule has 1 aromatic rings. The van der Waals surface area contributed by atoms with Crippen molar-refractivity contribution in [2.75, 3.05) is 19.9 Å². The summed E-state index contributed by atoms with van der Waals surface area (Å²) in [5.74, 6) is 0.903. The Morgan fingerprint density at radius 2 is 2.28 bits per heavy atom. The lowest BCUT2D eigenvalue weighted by Gasteiger charge is -2.33. The normalized spacial score (nSPS) is 24.4. The molecule has 0 bridgehead atoms. The van der Waals surface area contributed by atoms with Crippen LogP contribution in [-0.4, -0.2) is 29.4 Å². The molecule has 1 N–H and O–H groups in total. The number of hydrogen-bond acceptors (Lipinski definition) is 3.